The summed E-state index contributed by atoms with van der Waals surface area (Å²) in [6, 6.07) is 11.8. The smallest absolute Gasteiger partial charge is 0.335 e. The predicted molar refractivity (Wildman–Crippen MR) is 116 cm³/mol. The quantitative estimate of drug-likeness (QED) is 0.553. The van der Waals surface area contributed by atoms with Crippen LogP contribution in [0, 0.1) is 0 Å². The number of sulfonamides is 1. The molecular weight excluding hydrogens is 404 g/mol. The summed E-state index contributed by atoms with van der Waals surface area (Å²) < 4.78 is 27.7. The number of nitrogens with zero attached hydrogens (tertiary/aromatic N) is 1. The van der Waals surface area contributed by atoms with Crippen LogP contribution in [-0.2, 0) is 10.0 Å². The molecular formula is C22H28N2O5S. The first-order chi connectivity index (χ1) is 14.3. The zero-order valence-corrected chi connectivity index (χ0v) is 18.1. The zero-order chi connectivity index (χ0) is 22.1. The molecule has 8 heteroatoms. The SMILES string of the molecule is CCCCN(CCCC)S(=O)(=O)c1cccc(C(=O)Nc2cccc(C(=O)O)c2)c1. The van der Waals surface area contributed by atoms with E-state index in [9.17, 15) is 18.0 Å². The van der Waals surface area contributed by atoms with Gasteiger partial charge in [-0.1, -0.05) is 38.8 Å². The van der Waals surface area contributed by atoms with Crippen LogP contribution < -0.4 is 5.32 Å². The van der Waals surface area contributed by atoms with Crippen LogP contribution in [-0.4, -0.2) is 42.8 Å². The van der Waals surface area contributed by atoms with Gasteiger partial charge in [-0.25, -0.2) is 13.2 Å². The van der Waals surface area contributed by atoms with Gasteiger partial charge in [-0.15, -0.1) is 0 Å². The minimum Gasteiger partial charge on any atom is -0.478 e. The number of carbonyl (C=O) groups excluding carboxylic acids is 1. The number of hydrogen-bond donors (Lipinski definition) is 2. The van der Waals surface area contributed by atoms with Crippen LogP contribution in [0.4, 0.5) is 5.69 Å². The van der Waals surface area contributed by atoms with Gasteiger partial charge in [0.05, 0.1) is 10.5 Å². The number of unbranched alkanes of at least 4 members (excludes halogenated alkanes) is 2. The highest BCUT2D eigenvalue weighted by Gasteiger charge is 2.24. The Hall–Kier alpha value is -2.71. The van der Waals surface area contributed by atoms with Gasteiger partial charge < -0.3 is 10.4 Å². The summed E-state index contributed by atoms with van der Waals surface area (Å²) in [6.45, 7) is 4.90. The number of carbonyl (C=O) groups is 2. The maximum atomic E-state index is 13.1. The number of rotatable bonds is 11. The molecule has 0 saturated heterocycles. The van der Waals surface area contributed by atoms with Crippen molar-refractivity contribution in [2.24, 2.45) is 0 Å². The maximum Gasteiger partial charge on any atom is 0.335 e. The van der Waals surface area contributed by atoms with Crippen molar-refractivity contribution in [2.75, 3.05) is 18.4 Å². The molecule has 2 aromatic rings. The van der Waals surface area contributed by atoms with E-state index in [1.165, 1.54) is 46.8 Å². The second-order valence-electron chi connectivity index (χ2n) is 6.98. The van der Waals surface area contributed by atoms with E-state index in [4.69, 9.17) is 5.11 Å². The van der Waals surface area contributed by atoms with Crippen molar-refractivity contribution < 1.29 is 23.1 Å². The number of carboxylic acid groups (broad SMARTS) is 1. The van der Waals surface area contributed by atoms with E-state index in [2.05, 4.69) is 5.32 Å². The van der Waals surface area contributed by atoms with Crippen LogP contribution >= 0.6 is 0 Å². The van der Waals surface area contributed by atoms with E-state index in [1.54, 1.807) is 6.07 Å². The largest absolute Gasteiger partial charge is 0.478 e. The first-order valence-electron chi connectivity index (χ1n) is 10.0. The number of amides is 1. The number of nitrogens with one attached hydrogen (secondary N) is 1. The van der Waals surface area contributed by atoms with Gasteiger partial charge in [-0.05, 0) is 49.2 Å². The fraction of sp³-hybridized carbons (Fsp3) is 0.364. The minimum atomic E-state index is -3.72. The predicted octanol–water partition coefficient (Wildman–Crippen LogP) is 4.23. The number of carboxylic acids is 1. The Balaban J connectivity index is 2.26. The third kappa shape index (κ3) is 6.14. The van der Waals surface area contributed by atoms with Crippen LogP contribution in [0.5, 0.6) is 0 Å². The lowest BCUT2D eigenvalue weighted by atomic mass is 10.2. The van der Waals surface area contributed by atoms with E-state index in [1.807, 2.05) is 13.8 Å². The lowest BCUT2D eigenvalue weighted by Crippen LogP contribution is -2.33. The molecule has 2 rings (SSSR count). The van der Waals surface area contributed by atoms with Crippen molar-refractivity contribution in [3.8, 4) is 0 Å². The van der Waals surface area contributed by atoms with Gasteiger partial charge in [0.25, 0.3) is 5.91 Å². The van der Waals surface area contributed by atoms with Crippen LogP contribution in [0.15, 0.2) is 53.4 Å². The van der Waals surface area contributed by atoms with E-state index in [0.717, 1.165) is 25.7 Å². The lowest BCUT2D eigenvalue weighted by molar-refractivity contribution is 0.0696. The summed E-state index contributed by atoms with van der Waals surface area (Å²) in [5.74, 6) is -1.61. The van der Waals surface area contributed by atoms with Crippen LogP contribution in [0.25, 0.3) is 0 Å². The molecule has 2 N–H and O–H groups in total. The Morgan fingerprint density at radius 1 is 0.933 bits per heavy atom. The molecule has 0 aliphatic rings. The summed E-state index contributed by atoms with van der Waals surface area (Å²) in [4.78, 5) is 23.8. The molecule has 0 aliphatic heterocycles. The van der Waals surface area contributed by atoms with Crippen molar-refractivity contribution in [3.05, 3.63) is 59.7 Å². The second kappa shape index (κ2) is 10.9. The topological polar surface area (TPSA) is 104 Å². The van der Waals surface area contributed by atoms with Crippen molar-refractivity contribution >= 4 is 27.6 Å². The Labute approximate surface area is 177 Å². The molecule has 0 heterocycles. The van der Waals surface area contributed by atoms with Gasteiger partial charge in [0.2, 0.25) is 10.0 Å². The third-order valence-electron chi connectivity index (χ3n) is 4.62. The van der Waals surface area contributed by atoms with E-state index in [0.29, 0.717) is 18.8 Å². The van der Waals surface area contributed by atoms with E-state index in [-0.39, 0.29) is 16.0 Å². The number of anilines is 1. The highest BCUT2D eigenvalue weighted by Crippen LogP contribution is 2.20. The van der Waals surface area contributed by atoms with E-state index >= 15 is 0 Å². The molecule has 0 atom stereocenters. The van der Waals surface area contributed by atoms with Crippen molar-refractivity contribution in [1.29, 1.82) is 0 Å². The fourth-order valence-electron chi connectivity index (χ4n) is 2.90. The lowest BCUT2D eigenvalue weighted by Gasteiger charge is -2.22. The van der Waals surface area contributed by atoms with Gasteiger partial charge in [0.1, 0.15) is 0 Å². The van der Waals surface area contributed by atoms with Crippen LogP contribution in [0.1, 0.15) is 60.2 Å². The molecule has 0 aliphatic carbocycles. The monoisotopic (exact) mass is 432 g/mol. The Kier molecular flexibility index (Phi) is 8.56. The highest BCUT2D eigenvalue weighted by atomic mass is 32.2. The number of benzene rings is 2. The Bertz CT molecular complexity index is 981. The number of hydrogen-bond acceptors (Lipinski definition) is 4. The Morgan fingerprint density at radius 3 is 2.13 bits per heavy atom. The average Bonchev–Trinajstić information content (AvgIpc) is 2.74. The molecule has 30 heavy (non-hydrogen) atoms. The van der Waals surface area contributed by atoms with Gasteiger partial charge in [0.15, 0.2) is 0 Å². The fourth-order valence-corrected chi connectivity index (χ4v) is 4.46. The van der Waals surface area contributed by atoms with Gasteiger partial charge in [0, 0.05) is 24.3 Å². The first kappa shape index (κ1) is 23.6. The molecule has 0 aromatic heterocycles. The molecule has 1 amide bonds. The third-order valence-corrected chi connectivity index (χ3v) is 6.52. The molecule has 2 aromatic carbocycles. The normalized spacial score (nSPS) is 11.4. The van der Waals surface area contributed by atoms with Gasteiger partial charge in [-0.2, -0.15) is 4.31 Å². The summed E-state index contributed by atoms with van der Waals surface area (Å²) in [6.07, 6.45) is 3.30. The van der Waals surface area contributed by atoms with Gasteiger partial charge in [-0.3, -0.25) is 4.79 Å². The molecule has 0 spiro atoms. The summed E-state index contributed by atoms with van der Waals surface area (Å²) in [5.41, 5.74) is 0.551. The summed E-state index contributed by atoms with van der Waals surface area (Å²) in [7, 11) is -3.72. The van der Waals surface area contributed by atoms with Crippen LogP contribution in [0.3, 0.4) is 0 Å². The molecule has 0 unspecified atom stereocenters. The van der Waals surface area contributed by atoms with Crippen LogP contribution in [0.2, 0.25) is 0 Å². The van der Waals surface area contributed by atoms with Crippen molar-refractivity contribution in [1.82, 2.24) is 4.31 Å². The summed E-state index contributed by atoms with van der Waals surface area (Å²) in [5, 5.41) is 11.7. The standard InChI is InChI=1S/C22H28N2O5S/c1-3-5-13-24(14-6-4-2)30(28,29)20-12-8-9-17(16-20)21(25)23-19-11-7-10-18(15-19)22(26)27/h7-12,15-16H,3-6,13-14H2,1-2H3,(H,23,25)(H,26,27). The molecule has 162 valence electrons. The molecule has 0 fully saturated rings. The number of aromatic carboxylic acids is 1. The van der Waals surface area contributed by atoms with Crippen molar-refractivity contribution in [3.63, 3.8) is 0 Å². The average molecular weight is 433 g/mol. The van der Waals surface area contributed by atoms with E-state index < -0.39 is 21.9 Å². The minimum absolute atomic E-state index is 0.0478. The Morgan fingerprint density at radius 2 is 1.53 bits per heavy atom. The zero-order valence-electron chi connectivity index (χ0n) is 17.3. The van der Waals surface area contributed by atoms with Gasteiger partial charge >= 0.3 is 5.97 Å². The molecule has 0 radical (unpaired) electrons. The second-order valence-corrected chi connectivity index (χ2v) is 8.92. The first-order valence-corrected chi connectivity index (χ1v) is 11.5. The molecule has 7 nitrogen and oxygen atoms in total. The van der Waals surface area contributed by atoms with Crippen molar-refractivity contribution in [2.45, 2.75) is 44.4 Å². The molecule has 0 bridgehead atoms. The highest BCUT2D eigenvalue weighted by molar-refractivity contribution is 7.89. The molecule has 0 saturated carbocycles. The maximum absolute atomic E-state index is 13.1. The summed E-state index contributed by atoms with van der Waals surface area (Å²) >= 11 is 0.